The monoisotopic (exact) mass is 242 g/mol. The summed E-state index contributed by atoms with van der Waals surface area (Å²) in [5, 5.41) is -5.06. The van der Waals surface area contributed by atoms with E-state index in [1.165, 1.54) is 0 Å². The van der Waals surface area contributed by atoms with Crippen molar-refractivity contribution < 1.29 is 34.8 Å². The van der Waals surface area contributed by atoms with Gasteiger partial charge in [-0.25, -0.2) is 26.0 Å². The highest BCUT2D eigenvalue weighted by molar-refractivity contribution is 7.92. The molecule has 14 heavy (non-hydrogen) atoms. The first-order chi connectivity index (χ1) is 6.02. The van der Waals surface area contributed by atoms with Crippen LogP contribution in [0.2, 0.25) is 0 Å². The van der Waals surface area contributed by atoms with Crippen molar-refractivity contribution in [1.29, 1.82) is 0 Å². The Hall–Kier alpha value is -0.470. The number of hydrogen-bond acceptors (Lipinski definition) is 2. The summed E-state index contributed by atoms with van der Waals surface area (Å²) in [6.45, 7) is 0. The fourth-order valence-corrected chi connectivity index (χ4v) is 2.75. The van der Waals surface area contributed by atoms with Gasteiger partial charge in [0.2, 0.25) is 9.84 Å². The van der Waals surface area contributed by atoms with Crippen LogP contribution in [0.15, 0.2) is 0 Å². The predicted octanol–water partition coefficient (Wildman–Crippen LogP) is 1.52. The van der Waals surface area contributed by atoms with E-state index in [2.05, 4.69) is 0 Å². The maximum absolute atomic E-state index is 12.6. The quantitative estimate of drug-likeness (QED) is 0.653. The summed E-state index contributed by atoms with van der Waals surface area (Å²) in [6, 6.07) is 0. The van der Waals surface area contributed by atoms with Gasteiger partial charge in [-0.2, -0.15) is 8.78 Å². The molecule has 1 aliphatic rings. The van der Waals surface area contributed by atoms with Crippen molar-refractivity contribution in [3.63, 3.8) is 0 Å². The van der Waals surface area contributed by atoms with Crippen molar-refractivity contribution in [2.45, 2.75) is 17.6 Å². The van der Waals surface area contributed by atoms with E-state index in [1.807, 2.05) is 0 Å². The molecular formula is C5H4F6O2S. The molecule has 0 saturated carbocycles. The van der Waals surface area contributed by atoms with Gasteiger partial charge < -0.3 is 0 Å². The maximum atomic E-state index is 12.6. The lowest BCUT2D eigenvalue weighted by Crippen LogP contribution is -2.40. The highest BCUT2D eigenvalue weighted by atomic mass is 32.2. The normalized spacial score (nSPS) is 33.5. The first kappa shape index (κ1) is 11.6. The van der Waals surface area contributed by atoms with Crippen molar-refractivity contribution in [3.8, 4) is 0 Å². The summed E-state index contributed by atoms with van der Waals surface area (Å²) >= 11 is 0. The molecule has 1 aliphatic heterocycles. The van der Waals surface area contributed by atoms with Gasteiger partial charge in [-0.15, -0.1) is 0 Å². The Labute approximate surface area is 74.8 Å². The summed E-state index contributed by atoms with van der Waals surface area (Å²) in [5.74, 6) is -10.6. The summed E-state index contributed by atoms with van der Waals surface area (Å²) in [7, 11) is -5.49. The van der Waals surface area contributed by atoms with Gasteiger partial charge in [0, 0.05) is 0 Å². The number of halogens is 6. The topological polar surface area (TPSA) is 34.1 Å². The highest BCUT2D eigenvalue weighted by Crippen LogP contribution is 2.51. The van der Waals surface area contributed by atoms with Gasteiger partial charge in [0.05, 0.1) is 0 Å². The van der Waals surface area contributed by atoms with Crippen LogP contribution in [0.1, 0.15) is 0 Å². The van der Waals surface area contributed by atoms with Crippen LogP contribution in [-0.2, 0) is 9.84 Å². The van der Waals surface area contributed by atoms with Crippen LogP contribution in [0.3, 0.4) is 0 Å². The molecule has 0 aromatic carbocycles. The highest BCUT2D eigenvalue weighted by Gasteiger charge is 2.74. The Bertz CT molecular complexity index is 334. The second-order valence-electron chi connectivity index (χ2n) is 2.89. The Morgan fingerprint density at radius 3 is 1.71 bits per heavy atom. The zero-order chi connectivity index (χ0) is 11.4. The van der Waals surface area contributed by atoms with Gasteiger partial charge in [0.15, 0.2) is 5.92 Å². The molecule has 0 radical (unpaired) electrons. The first-order valence-corrected chi connectivity index (χ1v) is 4.93. The number of alkyl halides is 6. The van der Waals surface area contributed by atoms with Gasteiger partial charge in [-0.05, 0) is 0 Å². The molecule has 1 rings (SSSR count). The molecular weight excluding hydrogens is 238 g/mol. The Kier molecular flexibility index (Phi) is 2.29. The second kappa shape index (κ2) is 2.77. The largest absolute Gasteiger partial charge is 0.359 e. The molecule has 1 saturated heterocycles. The van der Waals surface area contributed by atoms with E-state index >= 15 is 0 Å². The Morgan fingerprint density at radius 1 is 1.14 bits per heavy atom. The van der Waals surface area contributed by atoms with Crippen LogP contribution < -0.4 is 0 Å². The van der Waals surface area contributed by atoms with Crippen molar-refractivity contribution in [2.24, 2.45) is 5.92 Å². The van der Waals surface area contributed by atoms with Crippen LogP contribution in [0.4, 0.5) is 26.3 Å². The lowest BCUT2D eigenvalue weighted by molar-refractivity contribution is -0.156. The maximum Gasteiger partial charge on any atom is 0.359 e. The molecule has 0 N–H and O–H groups in total. The molecule has 1 atom stereocenters. The molecule has 84 valence electrons. The van der Waals surface area contributed by atoms with Crippen LogP contribution in [0.5, 0.6) is 0 Å². The molecule has 2 nitrogen and oxygen atoms in total. The van der Waals surface area contributed by atoms with Gasteiger partial charge in [0.25, 0.3) is 12.3 Å². The van der Waals surface area contributed by atoms with E-state index in [1.54, 1.807) is 0 Å². The lowest BCUT2D eigenvalue weighted by Gasteiger charge is -2.20. The van der Waals surface area contributed by atoms with Crippen molar-refractivity contribution in [1.82, 2.24) is 0 Å². The third-order valence-electron chi connectivity index (χ3n) is 1.87. The van der Waals surface area contributed by atoms with E-state index in [0.717, 1.165) is 0 Å². The predicted molar refractivity (Wildman–Crippen MR) is 33.2 cm³/mol. The Balaban J connectivity index is 3.28. The minimum absolute atomic E-state index is 2.23. The minimum Gasteiger partial charge on any atom is -0.222 e. The zero-order valence-electron chi connectivity index (χ0n) is 6.35. The Morgan fingerprint density at radius 2 is 1.57 bits per heavy atom. The second-order valence-corrected chi connectivity index (χ2v) is 4.96. The standard InChI is InChI=1S/C5H4F6O2S/c6-3(7)2-4(8,9)1-14(12,13)5(2,10)11/h2-3H,1H2. The molecule has 1 fully saturated rings. The van der Waals surface area contributed by atoms with Gasteiger partial charge in [-0.3, -0.25) is 0 Å². The lowest BCUT2D eigenvalue weighted by atomic mass is 10.0. The average Bonchev–Trinajstić information content (AvgIpc) is 1.90. The van der Waals surface area contributed by atoms with Crippen LogP contribution in [0, 0.1) is 5.92 Å². The molecule has 0 spiro atoms. The van der Waals surface area contributed by atoms with Gasteiger partial charge in [0.1, 0.15) is 5.75 Å². The van der Waals surface area contributed by atoms with Crippen molar-refractivity contribution in [3.05, 3.63) is 0 Å². The molecule has 0 aliphatic carbocycles. The van der Waals surface area contributed by atoms with E-state index in [9.17, 15) is 34.8 Å². The number of rotatable bonds is 1. The summed E-state index contributed by atoms with van der Waals surface area (Å²) in [5.41, 5.74) is 0. The van der Waals surface area contributed by atoms with Crippen LogP contribution >= 0.6 is 0 Å². The minimum atomic E-state index is -5.49. The van der Waals surface area contributed by atoms with E-state index in [4.69, 9.17) is 0 Å². The van der Waals surface area contributed by atoms with Crippen molar-refractivity contribution in [2.75, 3.05) is 5.75 Å². The van der Waals surface area contributed by atoms with Crippen LogP contribution in [-0.4, -0.2) is 31.8 Å². The average molecular weight is 242 g/mol. The molecule has 0 aromatic heterocycles. The fraction of sp³-hybridized carbons (Fsp3) is 1.00. The SMILES string of the molecule is O=S1(=O)CC(F)(F)C(C(F)F)C1(F)F. The number of sulfone groups is 1. The van der Waals surface area contributed by atoms with Crippen LogP contribution in [0.25, 0.3) is 0 Å². The summed E-state index contributed by atoms with van der Waals surface area (Å²) in [6.07, 6.45) is -4.09. The van der Waals surface area contributed by atoms with Gasteiger partial charge >= 0.3 is 5.25 Å². The first-order valence-electron chi connectivity index (χ1n) is 3.28. The number of hydrogen-bond donors (Lipinski definition) is 0. The molecule has 0 bridgehead atoms. The molecule has 1 unspecified atom stereocenters. The summed E-state index contributed by atoms with van der Waals surface area (Å²) in [4.78, 5) is 0. The third-order valence-corrected chi connectivity index (χ3v) is 3.71. The van der Waals surface area contributed by atoms with Crippen molar-refractivity contribution >= 4 is 9.84 Å². The zero-order valence-corrected chi connectivity index (χ0v) is 7.17. The summed E-state index contributed by atoms with van der Waals surface area (Å²) < 4.78 is 94.8. The smallest absolute Gasteiger partial charge is 0.222 e. The third kappa shape index (κ3) is 1.37. The van der Waals surface area contributed by atoms with E-state index in [0.29, 0.717) is 0 Å². The van der Waals surface area contributed by atoms with E-state index < -0.39 is 39.1 Å². The molecule has 1 heterocycles. The van der Waals surface area contributed by atoms with Gasteiger partial charge in [-0.1, -0.05) is 0 Å². The molecule has 0 aromatic rings. The molecule has 0 amide bonds. The van der Waals surface area contributed by atoms with E-state index in [-0.39, 0.29) is 0 Å². The molecule has 9 heteroatoms. The fourth-order valence-electron chi connectivity index (χ4n) is 1.21.